The van der Waals surface area contributed by atoms with Crippen LogP contribution in [0.3, 0.4) is 0 Å². The molecule has 3 aromatic rings. The quantitative estimate of drug-likeness (QED) is 0.469. The lowest BCUT2D eigenvalue weighted by Crippen LogP contribution is -2.28. The normalized spacial score (nSPS) is 16.3. The summed E-state index contributed by atoms with van der Waals surface area (Å²) in [5, 5.41) is 8.50. The van der Waals surface area contributed by atoms with E-state index in [2.05, 4.69) is 20.4 Å². The Kier molecular flexibility index (Phi) is 5.49. The number of ether oxygens (including phenoxy) is 1. The highest BCUT2D eigenvalue weighted by molar-refractivity contribution is 5.99. The van der Waals surface area contributed by atoms with Crippen molar-refractivity contribution in [2.45, 2.75) is 19.4 Å². The lowest BCUT2D eigenvalue weighted by Gasteiger charge is -2.16. The molecule has 1 aliphatic rings. The molecule has 1 unspecified atom stereocenters. The molecule has 11 heteroatoms. The lowest BCUT2D eigenvalue weighted by atomic mass is 10.3. The Morgan fingerprint density at radius 2 is 2.28 bits per heavy atom. The van der Waals surface area contributed by atoms with Crippen molar-refractivity contribution in [3.05, 3.63) is 48.2 Å². The summed E-state index contributed by atoms with van der Waals surface area (Å²) in [4.78, 5) is 30.9. The first-order valence-corrected chi connectivity index (χ1v) is 9.07. The zero-order valence-corrected chi connectivity index (χ0v) is 15.6. The Morgan fingerprint density at radius 3 is 3.03 bits per heavy atom. The van der Waals surface area contributed by atoms with Gasteiger partial charge in [-0.05, 0) is 19.4 Å². The monoisotopic (exact) mass is 402 g/mol. The molecule has 1 N–H and O–H groups in total. The van der Waals surface area contributed by atoms with Crippen LogP contribution in [0.25, 0.3) is 5.65 Å². The minimum Gasteiger partial charge on any atom is -0.478 e. The largest absolute Gasteiger partial charge is 0.478 e. The van der Waals surface area contributed by atoms with Crippen LogP contribution in [0.2, 0.25) is 0 Å². The predicted molar refractivity (Wildman–Crippen MR) is 98.6 cm³/mol. The number of hydrogen-bond donors (Lipinski definition) is 1. The molecule has 152 valence electrons. The Hall–Kier alpha value is -3.31. The molecule has 4 heterocycles. The summed E-state index contributed by atoms with van der Waals surface area (Å²) in [6.45, 7) is 3.08. The molecule has 29 heavy (non-hydrogen) atoms. The van der Waals surface area contributed by atoms with Gasteiger partial charge in [-0.1, -0.05) is 0 Å². The van der Waals surface area contributed by atoms with Gasteiger partial charge in [-0.25, -0.2) is 23.8 Å². The summed E-state index contributed by atoms with van der Waals surface area (Å²) < 4.78 is 19.7. The van der Waals surface area contributed by atoms with E-state index < -0.39 is 5.82 Å². The number of pyridine rings is 1. The Bertz CT molecular complexity index is 996. The molecule has 1 saturated heterocycles. The SMILES string of the molecule is CC1COON1c1ccn2ncc(C(=O)NCCCOc3ccc(F)cn3)c2n1. The van der Waals surface area contributed by atoms with Gasteiger partial charge in [0.05, 0.1) is 25.0 Å². The van der Waals surface area contributed by atoms with Gasteiger partial charge in [-0.3, -0.25) is 4.79 Å². The average molecular weight is 402 g/mol. The van der Waals surface area contributed by atoms with Crippen molar-refractivity contribution < 1.29 is 23.8 Å². The summed E-state index contributed by atoms with van der Waals surface area (Å²) in [5.41, 5.74) is 0.759. The minimum atomic E-state index is -0.423. The molecule has 1 atom stereocenters. The minimum absolute atomic E-state index is 0.000690. The van der Waals surface area contributed by atoms with Gasteiger partial charge >= 0.3 is 0 Å². The first kappa shape index (κ1) is 19.0. The van der Waals surface area contributed by atoms with Gasteiger partial charge in [0.25, 0.3) is 5.91 Å². The maximum atomic E-state index is 12.8. The zero-order valence-electron chi connectivity index (χ0n) is 15.6. The van der Waals surface area contributed by atoms with Gasteiger partial charge in [0, 0.05) is 24.9 Å². The van der Waals surface area contributed by atoms with Crippen molar-refractivity contribution in [2.75, 3.05) is 24.8 Å². The maximum absolute atomic E-state index is 12.8. The fourth-order valence-corrected chi connectivity index (χ4v) is 2.73. The third kappa shape index (κ3) is 4.25. The topological polar surface area (TPSA) is 103 Å². The van der Waals surface area contributed by atoms with Gasteiger partial charge < -0.3 is 10.1 Å². The third-order valence-corrected chi connectivity index (χ3v) is 4.22. The molecule has 1 amide bonds. The highest BCUT2D eigenvalue weighted by atomic mass is 19.1. The van der Waals surface area contributed by atoms with Crippen molar-refractivity contribution in [1.82, 2.24) is 24.9 Å². The van der Waals surface area contributed by atoms with Gasteiger partial charge in [-0.2, -0.15) is 10.2 Å². The second-order valence-corrected chi connectivity index (χ2v) is 6.42. The Labute approximate surface area is 165 Å². The van der Waals surface area contributed by atoms with Gasteiger partial charge in [-0.15, -0.1) is 4.99 Å². The summed E-state index contributed by atoms with van der Waals surface area (Å²) in [6, 6.07) is 4.46. The van der Waals surface area contributed by atoms with Crippen LogP contribution in [0.5, 0.6) is 5.88 Å². The molecule has 3 aromatic heterocycles. The molecule has 0 aliphatic carbocycles. The van der Waals surface area contributed by atoms with Crippen molar-refractivity contribution in [3.8, 4) is 5.88 Å². The number of rotatable bonds is 7. The van der Waals surface area contributed by atoms with Crippen LogP contribution in [-0.4, -0.2) is 51.3 Å². The fraction of sp³-hybridized carbons (Fsp3) is 0.333. The third-order valence-electron chi connectivity index (χ3n) is 4.22. The van der Waals surface area contributed by atoms with Crippen LogP contribution in [0.15, 0.2) is 36.8 Å². The van der Waals surface area contributed by atoms with Crippen LogP contribution in [-0.2, 0) is 9.88 Å². The molecule has 10 nitrogen and oxygen atoms in total. The molecular weight excluding hydrogens is 383 g/mol. The smallest absolute Gasteiger partial charge is 0.256 e. The van der Waals surface area contributed by atoms with Crippen molar-refractivity contribution >= 4 is 17.4 Å². The fourth-order valence-electron chi connectivity index (χ4n) is 2.73. The number of carbonyl (C=O) groups excluding carboxylic acids is 1. The van der Waals surface area contributed by atoms with Gasteiger partial charge in [0.15, 0.2) is 11.5 Å². The summed E-state index contributed by atoms with van der Waals surface area (Å²) in [6.07, 6.45) is 4.81. The number of hydrogen-bond acceptors (Lipinski definition) is 8. The van der Waals surface area contributed by atoms with E-state index in [9.17, 15) is 9.18 Å². The second kappa shape index (κ2) is 8.37. The number of anilines is 1. The van der Waals surface area contributed by atoms with Crippen molar-refractivity contribution in [1.29, 1.82) is 0 Å². The molecule has 0 spiro atoms. The lowest BCUT2D eigenvalue weighted by molar-refractivity contribution is -0.258. The first-order chi connectivity index (χ1) is 14.1. The van der Waals surface area contributed by atoms with E-state index >= 15 is 0 Å². The van der Waals surface area contributed by atoms with E-state index in [1.165, 1.54) is 27.9 Å². The first-order valence-electron chi connectivity index (χ1n) is 9.07. The highest BCUT2D eigenvalue weighted by Crippen LogP contribution is 2.21. The van der Waals surface area contributed by atoms with Gasteiger partial charge in [0.2, 0.25) is 5.88 Å². The number of halogens is 1. The maximum Gasteiger partial charge on any atom is 0.256 e. The van der Waals surface area contributed by atoms with Crippen LogP contribution >= 0.6 is 0 Å². The number of fused-ring (bicyclic) bond motifs is 1. The average Bonchev–Trinajstić information content (AvgIpc) is 3.34. The molecule has 0 radical (unpaired) electrons. The summed E-state index contributed by atoms with van der Waals surface area (Å²) in [5.74, 6) is 0.140. The van der Waals surface area contributed by atoms with E-state index in [0.717, 1.165) is 6.20 Å². The Morgan fingerprint density at radius 1 is 1.38 bits per heavy atom. The van der Waals surface area contributed by atoms with E-state index in [1.54, 1.807) is 12.3 Å². The molecular formula is C18H19FN6O4. The van der Waals surface area contributed by atoms with E-state index in [1.807, 2.05) is 6.92 Å². The predicted octanol–water partition coefficient (Wildman–Crippen LogP) is 1.53. The van der Waals surface area contributed by atoms with Crippen LogP contribution in [0.1, 0.15) is 23.7 Å². The highest BCUT2D eigenvalue weighted by Gasteiger charge is 2.26. The Balaban J connectivity index is 1.34. The molecule has 1 fully saturated rings. The van der Waals surface area contributed by atoms with Crippen LogP contribution < -0.4 is 15.1 Å². The standard InChI is InChI=1S/C18H19FN6O4/c1-12-11-28-29-25(12)15-5-7-24-17(23-15)14(10-22-24)18(26)20-6-2-8-27-16-4-3-13(19)9-21-16/h3-5,7,9-10,12H,2,6,8,11H2,1H3,(H,20,26). The number of nitrogens with zero attached hydrogens (tertiary/aromatic N) is 5. The zero-order chi connectivity index (χ0) is 20.2. The molecule has 4 rings (SSSR count). The molecule has 0 bridgehead atoms. The summed E-state index contributed by atoms with van der Waals surface area (Å²) in [7, 11) is 0. The van der Waals surface area contributed by atoms with E-state index in [4.69, 9.17) is 14.6 Å². The van der Waals surface area contributed by atoms with Crippen LogP contribution in [0.4, 0.5) is 10.2 Å². The summed E-state index contributed by atoms with van der Waals surface area (Å²) >= 11 is 0. The molecule has 0 saturated carbocycles. The van der Waals surface area contributed by atoms with Crippen molar-refractivity contribution in [2.24, 2.45) is 0 Å². The van der Waals surface area contributed by atoms with Crippen LogP contribution in [0, 0.1) is 5.82 Å². The van der Waals surface area contributed by atoms with Crippen molar-refractivity contribution in [3.63, 3.8) is 0 Å². The molecule has 0 aromatic carbocycles. The van der Waals surface area contributed by atoms with E-state index in [0.29, 0.717) is 49.1 Å². The van der Waals surface area contributed by atoms with Gasteiger partial charge in [0.1, 0.15) is 18.0 Å². The number of amides is 1. The van der Waals surface area contributed by atoms with E-state index in [-0.39, 0.29) is 11.9 Å². The number of aromatic nitrogens is 4. The number of hydroxylamine groups is 1. The number of carbonyl (C=O) groups is 1. The number of nitrogens with one attached hydrogen (secondary N) is 1. The second-order valence-electron chi connectivity index (χ2n) is 6.42. The molecule has 1 aliphatic heterocycles.